The Morgan fingerprint density at radius 1 is 0.966 bits per heavy atom. The van der Waals surface area contributed by atoms with Crippen LogP contribution in [0.25, 0.3) is 22.0 Å². The number of benzene rings is 3. The number of carbonyl (C=O) groups excluding carboxylic acids is 1. The minimum absolute atomic E-state index is 0.0145. The number of amides is 1. The van der Waals surface area contributed by atoms with Crippen molar-refractivity contribution in [3.63, 3.8) is 0 Å². The van der Waals surface area contributed by atoms with E-state index in [0.29, 0.717) is 12.1 Å². The van der Waals surface area contributed by atoms with Crippen molar-refractivity contribution >= 4 is 22.8 Å². The van der Waals surface area contributed by atoms with Gasteiger partial charge in [-0.15, -0.1) is 0 Å². The van der Waals surface area contributed by atoms with Gasteiger partial charge in [-0.2, -0.15) is 0 Å². The summed E-state index contributed by atoms with van der Waals surface area (Å²) in [6, 6.07) is 25.6. The highest BCUT2D eigenvalue weighted by molar-refractivity contribution is 6.00. The van der Waals surface area contributed by atoms with Crippen LogP contribution in [0.15, 0.2) is 78.9 Å². The summed E-state index contributed by atoms with van der Waals surface area (Å²) in [6.07, 6.45) is 0. The van der Waals surface area contributed by atoms with Gasteiger partial charge in [-0.25, -0.2) is 4.79 Å². The number of nitrogens with zero attached hydrogens (tertiary/aromatic N) is 1. The molecule has 1 aromatic heterocycles. The fraction of sp³-hybridized carbons (Fsp3) is 0.0833. The van der Waals surface area contributed by atoms with Gasteiger partial charge in [-0.05, 0) is 47.9 Å². The van der Waals surface area contributed by atoms with Crippen LogP contribution in [0.4, 0.5) is 4.79 Å². The molecule has 5 heteroatoms. The molecule has 0 saturated carbocycles. The van der Waals surface area contributed by atoms with Crippen LogP contribution in [0.1, 0.15) is 16.8 Å². The van der Waals surface area contributed by atoms with E-state index in [4.69, 9.17) is 11.1 Å². The monoisotopic (exact) mass is 382 g/mol. The summed E-state index contributed by atoms with van der Waals surface area (Å²) >= 11 is 0. The Morgan fingerprint density at radius 3 is 2.34 bits per heavy atom. The van der Waals surface area contributed by atoms with E-state index in [1.165, 1.54) is 5.56 Å². The van der Waals surface area contributed by atoms with E-state index in [1.807, 2.05) is 55.5 Å². The minimum atomic E-state index is -0.180. The number of amidine groups is 1. The quantitative estimate of drug-likeness (QED) is 0.354. The van der Waals surface area contributed by atoms with Gasteiger partial charge in [0.15, 0.2) is 0 Å². The fourth-order valence-electron chi connectivity index (χ4n) is 3.49. The van der Waals surface area contributed by atoms with Crippen molar-refractivity contribution < 1.29 is 4.79 Å². The predicted octanol–water partition coefficient (Wildman–Crippen LogP) is 4.66. The normalized spacial score (nSPS) is 10.8. The molecule has 144 valence electrons. The van der Waals surface area contributed by atoms with Gasteiger partial charge >= 0.3 is 6.03 Å². The molecular weight excluding hydrogens is 360 g/mol. The topological polar surface area (TPSA) is 83.9 Å². The SMILES string of the molecule is Cc1cc2cc(C(=N)N)ccc2n1C(=O)NCc1ccc(-c2ccccc2)cc1. The first-order valence-electron chi connectivity index (χ1n) is 9.42. The number of fused-ring (bicyclic) bond motifs is 1. The smallest absolute Gasteiger partial charge is 0.326 e. The molecule has 0 spiro atoms. The molecular formula is C24H22N4O. The van der Waals surface area contributed by atoms with Crippen molar-refractivity contribution in [3.8, 4) is 11.1 Å². The Morgan fingerprint density at radius 2 is 1.66 bits per heavy atom. The van der Waals surface area contributed by atoms with Crippen LogP contribution < -0.4 is 11.1 Å². The van der Waals surface area contributed by atoms with Gasteiger partial charge < -0.3 is 11.1 Å². The van der Waals surface area contributed by atoms with Crippen molar-refractivity contribution in [2.45, 2.75) is 13.5 Å². The van der Waals surface area contributed by atoms with Crippen LogP contribution in [0, 0.1) is 12.3 Å². The van der Waals surface area contributed by atoms with Crippen LogP contribution in [0.2, 0.25) is 0 Å². The van der Waals surface area contributed by atoms with E-state index < -0.39 is 0 Å². The molecule has 0 aliphatic rings. The second-order valence-electron chi connectivity index (χ2n) is 7.03. The Kier molecular flexibility index (Phi) is 4.87. The maximum absolute atomic E-state index is 12.8. The van der Waals surface area contributed by atoms with Crippen molar-refractivity contribution in [2.24, 2.45) is 5.73 Å². The Labute approximate surface area is 169 Å². The third-order valence-electron chi connectivity index (χ3n) is 5.00. The first-order valence-corrected chi connectivity index (χ1v) is 9.42. The molecule has 0 atom stereocenters. The number of hydrogen-bond acceptors (Lipinski definition) is 2. The molecule has 5 nitrogen and oxygen atoms in total. The molecule has 0 fully saturated rings. The fourth-order valence-corrected chi connectivity index (χ4v) is 3.49. The summed E-state index contributed by atoms with van der Waals surface area (Å²) in [4.78, 5) is 12.8. The maximum atomic E-state index is 12.8. The molecule has 1 heterocycles. The molecule has 29 heavy (non-hydrogen) atoms. The van der Waals surface area contributed by atoms with E-state index in [1.54, 1.807) is 10.6 Å². The number of hydrogen-bond donors (Lipinski definition) is 3. The van der Waals surface area contributed by atoms with Gasteiger partial charge in [0.05, 0.1) is 5.52 Å². The van der Waals surface area contributed by atoms with E-state index in [2.05, 4.69) is 29.6 Å². The lowest BCUT2D eigenvalue weighted by atomic mass is 10.0. The third-order valence-corrected chi connectivity index (χ3v) is 5.00. The number of aryl methyl sites for hydroxylation is 1. The number of aromatic nitrogens is 1. The second-order valence-corrected chi connectivity index (χ2v) is 7.03. The number of rotatable bonds is 4. The van der Waals surface area contributed by atoms with E-state index >= 15 is 0 Å². The molecule has 0 unspecified atom stereocenters. The van der Waals surface area contributed by atoms with E-state index in [9.17, 15) is 4.79 Å². The zero-order chi connectivity index (χ0) is 20.4. The summed E-state index contributed by atoms with van der Waals surface area (Å²) in [7, 11) is 0. The highest BCUT2D eigenvalue weighted by Crippen LogP contribution is 2.22. The molecule has 4 aromatic rings. The van der Waals surface area contributed by atoms with Gasteiger partial charge in [-0.1, -0.05) is 54.6 Å². The van der Waals surface area contributed by atoms with Crippen LogP contribution >= 0.6 is 0 Å². The number of carbonyl (C=O) groups is 1. The van der Waals surface area contributed by atoms with Crippen molar-refractivity contribution in [2.75, 3.05) is 0 Å². The zero-order valence-corrected chi connectivity index (χ0v) is 16.1. The minimum Gasteiger partial charge on any atom is -0.384 e. The van der Waals surface area contributed by atoms with Crippen LogP contribution in [-0.4, -0.2) is 16.4 Å². The Balaban J connectivity index is 1.50. The van der Waals surface area contributed by atoms with E-state index in [-0.39, 0.29) is 11.9 Å². The lowest BCUT2D eigenvalue weighted by Crippen LogP contribution is -2.28. The largest absolute Gasteiger partial charge is 0.384 e. The first-order chi connectivity index (χ1) is 14.0. The highest BCUT2D eigenvalue weighted by Gasteiger charge is 2.13. The lowest BCUT2D eigenvalue weighted by Gasteiger charge is -2.10. The lowest BCUT2D eigenvalue weighted by molar-refractivity contribution is 0.242. The van der Waals surface area contributed by atoms with Crippen molar-refractivity contribution in [1.82, 2.24) is 9.88 Å². The average Bonchev–Trinajstić information content (AvgIpc) is 3.08. The molecule has 3 aromatic carbocycles. The standard InChI is InChI=1S/C24H22N4O/c1-16-13-21-14-20(23(25)26)11-12-22(21)28(16)24(29)27-15-17-7-9-19(10-8-17)18-5-3-2-4-6-18/h2-14H,15H2,1H3,(H3,25,26)(H,27,29). The molecule has 0 aliphatic heterocycles. The molecule has 4 N–H and O–H groups in total. The molecule has 0 aliphatic carbocycles. The molecule has 0 radical (unpaired) electrons. The van der Waals surface area contributed by atoms with Crippen LogP contribution in [-0.2, 0) is 6.54 Å². The molecule has 1 amide bonds. The van der Waals surface area contributed by atoms with Gasteiger partial charge in [0.25, 0.3) is 0 Å². The first kappa shape index (κ1) is 18.5. The summed E-state index contributed by atoms with van der Waals surface area (Å²) < 4.78 is 1.65. The Bertz CT molecular complexity index is 1190. The van der Waals surface area contributed by atoms with Crippen molar-refractivity contribution in [3.05, 3.63) is 95.7 Å². The molecule has 0 saturated heterocycles. The summed E-state index contributed by atoms with van der Waals surface area (Å²) in [5, 5.41) is 11.5. The average molecular weight is 382 g/mol. The highest BCUT2D eigenvalue weighted by atomic mass is 16.2. The van der Waals surface area contributed by atoms with E-state index in [0.717, 1.165) is 27.7 Å². The zero-order valence-electron chi connectivity index (χ0n) is 16.1. The van der Waals surface area contributed by atoms with Crippen molar-refractivity contribution in [1.29, 1.82) is 5.41 Å². The van der Waals surface area contributed by atoms with Gasteiger partial charge in [0.2, 0.25) is 0 Å². The van der Waals surface area contributed by atoms with Gasteiger partial charge in [0, 0.05) is 23.2 Å². The maximum Gasteiger partial charge on any atom is 0.326 e. The third kappa shape index (κ3) is 3.75. The summed E-state index contributed by atoms with van der Waals surface area (Å²) in [5.74, 6) is 0.0145. The number of nitrogen functional groups attached to an aromatic ring is 1. The summed E-state index contributed by atoms with van der Waals surface area (Å²) in [5.41, 5.74) is 11.2. The molecule has 4 rings (SSSR count). The van der Waals surface area contributed by atoms with Crippen LogP contribution in [0.5, 0.6) is 0 Å². The Hall–Kier alpha value is -3.86. The number of nitrogens with one attached hydrogen (secondary N) is 2. The molecule has 0 bridgehead atoms. The number of nitrogens with two attached hydrogens (primary N) is 1. The van der Waals surface area contributed by atoms with Gasteiger partial charge in [-0.3, -0.25) is 9.98 Å². The van der Waals surface area contributed by atoms with Gasteiger partial charge in [0.1, 0.15) is 5.84 Å². The predicted molar refractivity (Wildman–Crippen MR) is 117 cm³/mol. The summed E-state index contributed by atoms with van der Waals surface area (Å²) in [6.45, 7) is 2.33. The second kappa shape index (κ2) is 7.64. The van der Waals surface area contributed by atoms with Crippen LogP contribution in [0.3, 0.4) is 0 Å².